The number of fused-ring (bicyclic) bond motifs is 1. The van der Waals surface area contributed by atoms with Crippen LogP contribution in [0.1, 0.15) is 46.9 Å². The molecule has 9 heteroatoms. The zero-order chi connectivity index (χ0) is 24.4. The van der Waals surface area contributed by atoms with Gasteiger partial charge in [-0.3, -0.25) is 9.78 Å². The molecule has 0 aliphatic carbocycles. The molecule has 8 nitrogen and oxygen atoms in total. The molecule has 0 bridgehead atoms. The number of nitrogens with one attached hydrogen (secondary N) is 1. The number of carbonyl (C=O) groups is 1. The first-order valence-corrected chi connectivity index (χ1v) is 12.0. The number of hydrogen-bond donors (Lipinski definition) is 1. The quantitative estimate of drug-likeness (QED) is 0.335. The normalized spacial score (nSPS) is 14.4. The van der Waals surface area contributed by atoms with E-state index in [4.69, 9.17) is 20.9 Å². The molecule has 0 spiro atoms. The molecule has 1 aliphatic rings. The minimum Gasteiger partial charge on any atom is -0.381 e. The SMILES string of the molecule is Cc1noc(C)c1-c1ccc2nc(C(=O)CC3CCOCC3)nc(NCc3cncc(Cl)c3)c2c1. The van der Waals surface area contributed by atoms with E-state index in [0.717, 1.165) is 46.4 Å². The van der Waals surface area contributed by atoms with Gasteiger partial charge in [-0.25, -0.2) is 9.97 Å². The number of aryl methyl sites for hydroxylation is 2. The summed E-state index contributed by atoms with van der Waals surface area (Å²) in [4.78, 5) is 26.6. The second-order valence-electron chi connectivity index (χ2n) is 8.87. The molecule has 4 heterocycles. The van der Waals surface area contributed by atoms with Gasteiger partial charge in [0.2, 0.25) is 0 Å². The Bertz CT molecular complexity index is 1360. The predicted octanol–water partition coefficient (Wildman–Crippen LogP) is 5.56. The van der Waals surface area contributed by atoms with Gasteiger partial charge in [0.25, 0.3) is 0 Å². The molecule has 5 rings (SSSR count). The third-order valence-electron chi connectivity index (χ3n) is 6.30. The molecule has 4 aromatic rings. The molecule has 0 amide bonds. The van der Waals surface area contributed by atoms with Gasteiger partial charge in [-0.2, -0.15) is 0 Å². The van der Waals surface area contributed by atoms with E-state index in [1.165, 1.54) is 0 Å². The highest BCUT2D eigenvalue weighted by molar-refractivity contribution is 6.30. The second-order valence-corrected chi connectivity index (χ2v) is 9.31. The lowest BCUT2D eigenvalue weighted by Crippen LogP contribution is -2.20. The van der Waals surface area contributed by atoms with Crippen molar-refractivity contribution >= 4 is 34.1 Å². The predicted molar refractivity (Wildman–Crippen MR) is 134 cm³/mol. The largest absolute Gasteiger partial charge is 0.381 e. The summed E-state index contributed by atoms with van der Waals surface area (Å²) in [5.41, 5.74) is 4.30. The van der Waals surface area contributed by atoms with Crippen LogP contribution in [0.3, 0.4) is 0 Å². The molecule has 3 aromatic heterocycles. The Morgan fingerprint density at radius 2 is 1.97 bits per heavy atom. The van der Waals surface area contributed by atoms with Crippen LogP contribution < -0.4 is 5.32 Å². The van der Waals surface area contributed by atoms with Gasteiger partial charge in [0.1, 0.15) is 11.6 Å². The van der Waals surface area contributed by atoms with Crippen molar-refractivity contribution in [3.05, 3.63) is 64.5 Å². The monoisotopic (exact) mass is 491 g/mol. The summed E-state index contributed by atoms with van der Waals surface area (Å²) in [6.45, 7) is 5.64. The first kappa shape index (κ1) is 23.4. The average molecular weight is 492 g/mol. The summed E-state index contributed by atoms with van der Waals surface area (Å²) >= 11 is 6.10. The molecule has 1 aromatic carbocycles. The molecule has 180 valence electrons. The van der Waals surface area contributed by atoms with Crippen LogP contribution in [0.4, 0.5) is 5.82 Å². The van der Waals surface area contributed by atoms with Crippen molar-refractivity contribution in [1.82, 2.24) is 20.1 Å². The van der Waals surface area contributed by atoms with Gasteiger partial charge in [0.15, 0.2) is 11.6 Å². The van der Waals surface area contributed by atoms with Crippen LogP contribution >= 0.6 is 11.6 Å². The summed E-state index contributed by atoms with van der Waals surface area (Å²) in [5, 5.41) is 8.81. The van der Waals surface area contributed by atoms with E-state index >= 15 is 0 Å². The molecule has 0 atom stereocenters. The van der Waals surface area contributed by atoms with Crippen molar-refractivity contribution in [2.75, 3.05) is 18.5 Å². The number of Topliss-reactive ketones (excluding diaryl/α,β-unsaturated/α-hetero) is 1. The van der Waals surface area contributed by atoms with Crippen LogP contribution in [0.5, 0.6) is 0 Å². The Kier molecular flexibility index (Phi) is 6.74. The number of carbonyl (C=O) groups excluding carboxylic acids is 1. The van der Waals surface area contributed by atoms with Crippen molar-refractivity contribution in [1.29, 1.82) is 0 Å². The third-order valence-corrected chi connectivity index (χ3v) is 6.51. The number of ether oxygens (including phenoxy) is 1. The summed E-state index contributed by atoms with van der Waals surface area (Å²) in [7, 11) is 0. The van der Waals surface area contributed by atoms with Crippen LogP contribution in [0.25, 0.3) is 22.0 Å². The number of aromatic nitrogens is 4. The van der Waals surface area contributed by atoms with Crippen LogP contribution in [0, 0.1) is 19.8 Å². The molecular weight excluding hydrogens is 466 g/mol. The van der Waals surface area contributed by atoms with Crippen LogP contribution in [-0.2, 0) is 11.3 Å². The van der Waals surface area contributed by atoms with E-state index in [9.17, 15) is 4.79 Å². The molecule has 0 radical (unpaired) electrons. The molecule has 1 N–H and O–H groups in total. The fourth-order valence-electron chi connectivity index (χ4n) is 4.48. The number of benzene rings is 1. The Labute approximate surface area is 208 Å². The second kappa shape index (κ2) is 10.1. The highest BCUT2D eigenvalue weighted by Crippen LogP contribution is 2.32. The first-order valence-electron chi connectivity index (χ1n) is 11.7. The zero-order valence-electron chi connectivity index (χ0n) is 19.7. The lowest BCUT2D eigenvalue weighted by molar-refractivity contribution is 0.0598. The van der Waals surface area contributed by atoms with Gasteiger partial charge >= 0.3 is 0 Å². The first-order chi connectivity index (χ1) is 17.0. The molecule has 1 fully saturated rings. The lowest BCUT2D eigenvalue weighted by atomic mass is 9.94. The van der Waals surface area contributed by atoms with Crippen molar-refractivity contribution in [2.24, 2.45) is 5.92 Å². The van der Waals surface area contributed by atoms with Gasteiger partial charge in [0, 0.05) is 49.5 Å². The maximum atomic E-state index is 13.1. The topological polar surface area (TPSA) is 103 Å². The Hall–Kier alpha value is -3.36. The molecule has 0 unspecified atom stereocenters. The summed E-state index contributed by atoms with van der Waals surface area (Å²) in [5.74, 6) is 1.79. The summed E-state index contributed by atoms with van der Waals surface area (Å²) in [6.07, 6.45) is 5.52. The fourth-order valence-corrected chi connectivity index (χ4v) is 4.68. The van der Waals surface area contributed by atoms with E-state index < -0.39 is 0 Å². The number of anilines is 1. The number of nitrogens with zero attached hydrogens (tertiary/aromatic N) is 4. The Morgan fingerprint density at radius 1 is 1.14 bits per heavy atom. The molecule has 35 heavy (non-hydrogen) atoms. The smallest absolute Gasteiger partial charge is 0.200 e. The molecule has 0 saturated carbocycles. The van der Waals surface area contributed by atoms with Crippen molar-refractivity contribution < 1.29 is 14.1 Å². The number of halogens is 1. The highest BCUT2D eigenvalue weighted by Gasteiger charge is 2.22. The molecule has 1 saturated heterocycles. The number of ketones is 1. The minimum absolute atomic E-state index is 0.0546. The third kappa shape index (κ3) is 5.18. The highest BCUT2D eigenvalue weighted by atomic mass is 35.5. The van der Waals surface area contributed by atoms with Gasteiger partial charge in [-0.05, 0) is 61.9 Å². The van der Waals surface area contributed by atoms with Gasteiger partial charge in [-0.15, -0.1) is 0 Å². The molecular formula is C26H26ClN5O3. The lowest BCUT2D eigenvalue weighted by Gasteiger charge is -2.21. The van der Waals surface area contributed by atoms with Crippen LogP contribution in [0.2, 0.25) is 5.02 Å². The van der Waals surface area contributed by atoms with Crippen LogP contribution in [-0.4, -0.2) is 39.1 Å². The molecule has 1 aliphatic heterocycles. The number of hydrogen-bond acceptors (Lipinski definition) is 8. The van der Waals surface area contributed by atoms with E-state index in [1.54, 1.807) is 12.4 Å². The number of pyridine rings is 1. The number of rotatable bonds is 7. The van der Waals surface area contributed by atoms with Crippen molar-refractivity contribution in [3.63, 3.8) is 0 Å². The van der Waals surface area contributed by atoms with E-state index in [-0.39, 0.29) is 11.6 Å². The van der Waals surface area contributed by atoms with E-state index in [0.29, 0.717) is 48.5 Å². The van der Waals surface area contributed by atoms with Gasteiger partial charge in [-0.1, -0.05) is 22.8 Å². The summed E-state index contributed by atoms with van der Waals surface area (Å²) in [6, 6.07) is 7.74. The maximum Gasteiger partial charge on any atom is 0.200 e. The van der Waals surface area contributed by atoms with E-state index in [1.807, 2.05) is 38.1 Å². The van der Waals surface area contributed by atoms with Crippen molar-refractivity contribution in [3.8, 4) is 11.1 Å². The van der Waals surface area contributed by atoms with Crippen molar-refractivity contribution in [2.45, 2.75) is 39.7 Å². The van der Waals surface area contributed by atoms with Crippen LogP contribution in [0.15, 0.2) is 41.2 Å². The summed E-state index contributed by atoms with van der Waals surface area (Å²) < 4.78 is 10.8. The Balaban J connectivity index is 1.52. The van der Waals surface area contributed by atoms with Gasteiger partial charge in [0.05, 0.1) is 16.2 Å². The average Bonchev–Trinajstić information content (AvgIpc) is 3.20. The fraction of sp³-hybridized carbons (Fsp3) is 0.346. The minimum atomic E-state index is -0.0546. The standard InChI is InChI=1S/C26H26ClN5O3/c1-15-24(16(2)35-32-15)19-3-4-22-21(11-19)25(29-13-18-9-20(27)14-28-12-18)31-26(30-22)23(33)10-17-5-7-34-8-6-17/h3-4,9,11-12,14,17H,5-8,10,13H2,1-2H3,(H,29,30,31). The van der Waals surface area contributed by atoms with E-state index in [2.05, 4.69) is 25.4 Å². The maximum absolute atomic E-state index is 13.1. The Morgan fingerprint density at radius 3 is 2.71 bits per heavy atom. The zero-order valence-corrected chi connectivity index (χ0v) is 20.4. The van der Waals surface area contributed by atoms with Gasteiger partial charge < -0.3 is 14.6 Å².